The van der Waals surface area contributed by atoms with Crippen molar-refractivity contribution in [3.8, 4) is 11.4 Å². The Morgan fingerprint density at radius 1 is 1.00 bits per heavy atom. The zero-order valence-electron chi connectivity index (χ0n) is 15.0. The van der Waals surface area contributed by atoms with Crippen molar-refractivity contribution in [2.45, 2.75) is 20.4 Å². The van der Waals surface area contributed by atoms with Crippen LogP contribution in [0.15, 0.2) is 58.1 Å². The molecule has 5 heteroatoms. The van der Waals surface area contributed by atoms with E-state index in [0.29, 0.717) is 28.8 Å². The van der Waals surface area contributed by atoms with Gasteiger partial charge in [-0.05, 0) is 49.6 Å². The Hall–Kier alpha value is -3.21. The van der Waals surface area contributed by atoms with Gasteiger partial charge in [0.15, 0.2) is 0 Å². The lowest BCUT2D eigenvalue weighted by Gasteiger charge is -2.14. The van der Waals surface area contributed by atoms with Crippen LogP contribution in [0.5, 0.6) is 0 Å². The molecular weight excluding hydrogens is 326 g/mol. The summed E-state index contributed by atoms with van der Waals surface area (Å²) in [5.41, 5.74) is 2.72. The Labute approximate surface area is 150 Å². The van der Waals surface area contributed by atoms with Gasteiger partial charge in [0.2, 0.25) is 0 Å². The molecule has 4 rings (SSSR count). The van der Waals surface area contributed by atoms with E-state index in [1.165, 1.54) is 0 Å². The first-order chi connectivity index (χ1) is 12.5. The van der Waals surface area contributed by atoms with Gasteiger partial charge in [0.25, 0.3) is 11.1 Å². The first kappa shape index (κ1) is 16.3. The van der Waals surface area contributed by atoms with Gasteiger partial charge in [-0.2, -0.15) is 0 Å². The van der Waals surface area contributed by atoms with Crippen LogP contribution < -0.4 is 11.1 Å². The largest absolute Gasteiger partial charge is 0.311 e. The Bertz CT molecular complexity index is 1280. The summed E-state index contributed by atoms with van der Waals surface area (Å²) in [6.45, 7) is 4.35. The van der Waals surface area contributed by atoms with Gasteiger partial charge in [-0.1, -0.05) is 23.8 Å². The molecule has 4 aromatic rings. The highest BCUT2D eigenvalue weighted by Gasteiger charge is 2.16. The van der Waals surface area contributed by atoms with E-state index in [0.717, 1.165) is 16.5 Å². The van der Waals surface area contributed by atoms with Gasteiger partial charge in [-0.3, -0.25) is 14.2 Å². The number of aryl methyl sites for hydroxylation is 2. The molecule has 0 saturated heterocycles. The maximum atomic E-state index is 13.0. The number of hydrogen-bond acceptors (Lipinski definition) is 3. The van der Waals surface area contributed by atoms with Gasteiger partial charge < -0.3 is 4.57 Å². The summed E-state index contributed by atoms with van der Waals surface area (Å²) < 4.78 is 3.19. The molecule has 0 atom stereocenters. The van der Waals surface area contributed by atoms with Crippen molar-refractivity contribution < 1.29 is 0 Å². The molecule has 0 N–H and O–H groups in total. The van der Waals surface area contributed by atoms with Crippen molar-refractivity contribution in [1.29, 1.82) is 0 Å². The van der Waals surface area contributed by atoms with Crippen LogP contribution in [0.1, 0.15) is 12.5 Å². The summed E-state index contributed by atoms with van der Waals surface area (Å²) >= 11 is 0. The van der Waals surface area contributed by atoms with Crippen LogP contribution in [0.25, 0.3) is 33.2 Å². The van der Waals surface area contributed by atoms with Crippen molar-refractivity contribution in [3.05, 3.63) is 74.8 Å². The molecule has 0 aliphatic heterocycles. The van der Waals surface area contributed by atoms with E-state index >= 15 is 0 Å². The van der Waals surface area contributed by atoms with Crippen LogP contribution in [0, 0.1) is 6.92 Å². The number of aromatic nitrogens is 3. The van der Waals surface area contributed by atoms with Crippen molar-refractivity contribution >= 4 is 21.8 Å². The molecule has 0 fully saturated rings. The molecule has 2 aromatic carbocycles. The zero-order valence-corrected chi connectivity index (χ0v) is 15.0. The van der Waals surface area contributed by atoms with E-state index in [1.54, 1.807) is 28.3 Å². The Balaban J connectivity index is 2.15. The second-order valence-corrected chi connectivity index (χ2v) is 6.49. The van der Waals surface area contributed by atoms with E-state index in [1.807, 2.05) is 50.2 Å². The minimum absolute atomic E-state index is 0.125. The Morgan fingerprint density at radius 2 is 1.77 bits per heavy atom. The molecule has 0 radical (unpaired) electrons. The number of rotatable bonds is 2. The molecule has 0 unspecified atom stereocenters. The minimum Gasteiger partial charge on any atom is -0.311 e. The standard InChI is InChI=1S/C21H19N3O2/c1-4-24-19(22-17-8-6-5-7-15(17)21(24)26)16-12-14-11-13(2)9-10-18(14)23(3)20(16)25/h5-12H,4H2,1-3H3. The normalized spacial score (nSPS) is 11.3. The summed E-state index contributed by atoms with van der Waals surface area (Å²) in [6.07, 6.45) is 0. The molecule has 2 aromatic heterocycles. The molecule has 0 spiro atoms. The molecule has 26 heavy (non-hydrogen) atoms. The fourth-order valence-corrected chi connectivity index (χ4v) is 3.43. The van der Waals surface area contributed by atoms with Crippen LogP contribution in [0.4, 0.5) is 0 Å². The van der Waals surface area contributed by atoms with Crippen LogP contribution in [0.2, 0.25) is 0 Å². The van der Waals surface area contributed by atoms with Crippen molar-refractivity contribution in [2.24, 2.45) is 7.05 Å². The monoisotopic (exact) mass is 345 g/mol. The summed E-state index contributed by atoms with van der Waals surface area (Å²) in [5.74, 6) is 0.417. The average Bonchev–Trinajstić information content (AvgIpc) is 2.64. The molecular formula is C21H19N3O2. The number of para-hydroxylation sites is 1. The average molecular weight is 345 g/mol. The maximum absolute atomic E-state index is 13.0. The van der Waals surface area contributed by atoms with E-state index in [9.17, 15) is 9.59 Å². The van der Waals surface area contributed by atoms with E-state index in [2.05, 4.69) is 4.98 Å². The van der Waals surface area contributed by atoms with Crippen LogP contribution in [0.3, 0.4) is 0 Å². The minimum atomic E-state index is -0.161. The van der Waals surface area contributed by atoms with Gasteiger partial charge >= 0.3 is 0 Å². The van der Waals surface area contributed by atoms with Gasteiger partial charge in [-0.25, -0.2) is 4.98 Å². The molecule has 0 aliphatic carbocycles. The van der Waals surface area contributed by atoms with Gasteiger partial charge in [0.05, 0.1) is 22.0 Å². The van der Waals surface area contributed by atoms with Gasteiger partial charge in [0, 0.05) is 13.6 Å². The lowest BCUT2D eigenvalue weighted by molar-refractivity contribution is 0.725. The first-order valence-corrected chi connectivity index (χ1v) is 8.61. The van der Waals surface area contributed by atoms with E-state index in [4.69, 9.17) is 0 Å². The predicted molar refractivity (Wildman–Crippen MR) is 105 cm³/mol. The second-order valence-electron chi connectivity index (χ2n) is 6.49. The number of fused-ring (bicyclic) bond motifs is 2. The predicted octanol–water partition coefficient (Wildman–Crippen LogP) is 3.24. The summed E-state index contributed by atoms with van der Waals surface area (Å²) in [7, 11) is 1.75. The smallest absolute Gasteiger partial charge is 0.261 e. The van der Waals surface area contributed by atoms with Gasteiger partial charge in [-0.15, -0.1) is 0 Å². The van der Waals surface area contributed by atoms with Crippen LogP contribution in [-0.2, 0) is 13.6 Å². The molecule has 2 heterocycles. The molecule has 5 nitrogen and oxygen atoms in total. The third-order valence-corrected chi connectivity index (χ3v) is 4.80. The fraction of sp³-hybridized carbons (Fsp3) is 0.190. The second kappa shape index (κ2) is 5.95. The highest BCUT2D eigenvalue weighted by molar-refractivity contribution is 5.85. The van der Waals surface area contributed by atoms with Crippen molar-refractivity contribution in [3.63, 3.8) is 0 Å². The third kappa shape index (κ3) is 2.36. The lowest BCUT2D eigenvalue weighted by atomic mass is 10.1. The molecule has 0 aliphatic rings. The third-order valence-electron chi connectivity index (χ3n) is 4.80. The van der Waals surface area contributed by atoms with Gasteiger partial charge in [0.1, 0.15) is 5.82 Å². The summed E-state index contributed by atoms with van der Waals surface area (Å²) in [4.78, 5) is 30.5. The SMILES string of the molecule is CCn1c(-c2cc3cc(C)ccc3n(C)c2=O)nc2ccccc2c1=O. The lowest BCUT2D eigenvalue weighted by Crippen LogP contribution is -2.27. The van der Waals surface area contributed by atoms with E-state index < -0.39 is 0 Å². The highest BCUT2D eigenvalue weighted by Crippen LogP contribution is 2.21. The van der Waals surface area contributed by atoms with Crippen LogP contribution in [-0.4, -0.2) is 14.1 Å². The molecule has 0 bridgehead atoms. The number of benzene rings is 2. The number of pyridine rings is 1. The summed E-state index contributed by atoms with van der Waals surface area (Å²) in [5, 5.41) is 1.51. The fourth-order valence-electron chi connectivity index (χ4n) is 3.43. The van der Waals surface area contributed by atoms with E-state index in [-0.39, 0.29) is 11.1 Å². The topological polar surface area (TPSA) is 56.9 Å². The first-order valence-electron chi connectivity index (χ1n) is 8.61. The summed E-state index contributed by atoms with van der Waals surface area (Å²) in [6, 6.07) is 15.0. The van der Waals surface area contributed by atoms with Crippen LogP contribution >= 0.6 is 0 Å². The number of nitrogens with zero attached hydrogens (tertiary/aromatic N) is 3. The number of hydrogen-bond donors (Lipinski definition) is 0. The molecule has 130 valence electrons. The quantitative estimate of drug-likeness (QED) is 0.560. The Kier molecular flexibility index (Phi) is 3.72. The molecule has 0 saturated carbocycles. The van der Waals surface area contributed by atoms with Crippen molar-refractivity contribution in [1.82, 2.24) is 14.1 Å². The Morgan fingerprint density at radius 3 is 2.54 bits per heavy atom. The highest BCUT2D eigenvalue weighted by atomic mass is 16.1. The maximum Gasteiger partial charge on any atom is 0.261 e. The molecule has 0 amide bonds. The van der Waals surface area contributed by atoms with Crippen molar-refractivity contribution in [2.75, 3.05) is 0 Å². The zero-order chi connectivity index (χ0) is 18.4.